The van der Waals surface area contributed by atoms with E-state index in [0.717, 1.165) is 32.5 Å². The molecule has 0 fully saturated rings. The smallest absolute Gasteiger partial charge is 0.336 e. The molecule has 0 aromatic carbocycles. The zero-order valence-corrected chi connectivity index (χ0v) is 20.4. The molecule has 0 rings (SSSR count). The Balaban J connectivity index is 0. The van der Waals surface area contributed by atoms with Crippen LogP contribution in [0.2, 0.25) is 0 Å². The monoisotopic (exact) mass is 462 g/mol. The average molecular weight is 463 g/mol. The molecular weight excluding hydrogens is 416 g/mol. The van der Waals surface area contributed by atoms with Crippen LogP contribution in [0, 0.1) is 0 Å². The van der Waals surface area contributed by atoms with Crippen LogP contribution in [0.3, 0.4) is 0 Å². The summed E-state index contributed by atoms with van der Waals surface area (Å²) in [5.74, 6) is -4.13. The van der Waals surface area contributed by atoms with Gasteiger partial charge in [-0.2, -0.15) is 0 Å². The number of carbonyl (C=O) groups excluding carboxylic acids is 1. The number of unbranched alkanes of at least 4 members (excludes halogenated alkanes) is 11. The van der Waals surface area contributed by atoms with Crippen LogP contribution in [0.4, 0.5) is 0 Å². The number of ether oxygens (including phenoxy) is 2. The second-order valence-electron chi connectivity index (χ2n) is 7.98. The van der Waals surface area contributed by atoms with E-state index >= 15 is 0 Å². The van der Waals surface area contributed by atoms with Gasteiger partial charge in [0.25, 0.3) is 0 Å². The molecule has 190 valence electrons. The number of carboxylic acids is 2. The fourth-order valence-electron chi connectivity index (χ4n) is 3.09. The third kappa shape index (κ3) is 21.6. The van der Waals surface area contributed by atoms with E-state index in [4.69, 9.17) is 19.7 Å². The average Bonchev–Trinajstić information content (AvgIpc) is 2.71. The van der Waals surface area contributed by atoms with Crippen LogP contribution in [0.1, 0.15) is 111 Å². The highest BCUT2D eigenvalue weighted by molar-refractivity contribution is 5.88. The van der Waals surface area contributed by atoms with Gasteiger partial charge in [0, 0.05) is 13.2 Å². The Kier molecular flexibility index (Phi) is 22.9. The van der Waals surface area contributed by atoms with Crippen molar-refractivity contribution in [1.82, 2.24) is 0 Å². The maximum absolute atomic E-state index is 11.6. The highest BCUT2D eigenvalue weighted by atomic mass is 16.5. The Morgan fingerprint density at radius 2 is 1.12 bits per heavy atom. The van der Waals surface area contributed by atoms with Gasteiger partial charge >= 0.3 is 17.9 Å². The summed E-state index contributed by atoms with van der Waals surface area (Å²) < 4.78 is 9.74. The molecule has 0 amide bonds. The lowest BCUT2D eigenvalue weighted by Crippen LogP contribution is -2.43. The van der Waals surface area contributed by atoms with Gasteiger partial charge in [-0.3, -0.25) is 9.59 Å². The number of hydrogen-bond donors (Lipinski definition) is 3. The van der Waals surface area contributed by atoms with Crippen LogP contribution in [0.25, 0.3) is 0 Å². The minimum atomic E-state index is -2.63. The second-order valence-corrected chi connectivity index (χ2v) is 7.98. The van der Waals surface area contributed by atoms with E-state index in [1.807, 2.05) is 13.8 Å². The first kappa shape index (κ1) is 32.5. The van der Waals surface area contributed by atoms with Crippen LogP contribution >= 0.6 is 0 Å². The highest BCUT2D eigenvalue weighted by Gasteiger charge is 2.41. The summed E-state index contributed by atoms with van der Waals surface area (Å²) in [4.78, 5) is 33.2. The molecule has 8 heteroatoms. The highest BCUT2D eigenvalue weighted by Crippen LogP contribution is 2.17. The van der Waals surface area contributed by atoms with Gasteiger partial charge in [0.2, 0.25) is 0 Å². The summed E-state index contributed by atoms with van der Waals surface area (Å²) >= 11 is 0. The molecule has 1 unspecified atom stereocenters. The molecule has 0 radical (unpaired) electrons. The van der Waals surface area contributed by atoms with Gasteiger partial charge in [-0.15, -0.1) is 0 Å². The first-order valence-electron chi connectivity index (χ1n) is 12.1. The molecular formula is C24H46O8. The second kappa shape index (κ2) is 22.5. The molecule has 1 atom stereocenters. The number of hydrogen-bond acceptors (Lipinski definition) is 6. The summed E-state index contributed by atoms with van der Waals surface area (Å²) in [7, 11) is 0. The van der Waals surface area contributed by atoms with Crippen molar-refractivity contribution < 1.29 is 39.2 Å². The molecule has 3 N–H and O–H groups in total. The molecule has 0 heterocycles. The summed E-state index contributed by atoms with van der Waals surface area (Å²) in [6, 6.07) is 0. The molecule has 0 aromatic heterocycles. The van der Waals surface area contributed by atoms with Gasteiger partial charge in [0.1, 0.15) is 0 Å². The van der Waals surface area contributed by atoms with E-state index in [1.165, 1.54) is 51.4 Å². The van der Waals surface area contributed by atoms with E-state index < -0.39 is 36.4 Å². The van der Waals surface area contributed by atoms with Crippen LogP contribution in [0.15, 0.2) is 0 Å². The normalized spacial score (nSPS) is 12.4. The van der Waals surface area contributed by atoms with E-state index in [9.17, 15) is 19.5 Å². The lowest BCUT2D eigenvalue weighted by Gasteiger charge is -2.20. The fraction of sp³-hybridized carbons (Fsp3) is 0.875. The van der Waals surface area contributed by atoms with Gasteiger partial charge in [0.05, 0.1) is 19.4 Å². The molecule has 0 saturated carbocycles. The standard InChI is InChI=1S/C20H36O7.C4H10O/c1-2-3-4-5-6-7-8-9-10-11-12-13-14-27-18(23)16-20(26,19(24)25)15-17(21)22;1-3-5-4-2/h26H,2-16H2,1H3,(H,21,22)(H,24,25);3-4H2,1-2H3. The summed E-state index contributed by atoms with van der Waals surface area (Å²) in [5, 5.41) is 27.3. The number of rotatable bonds is 20. The van der Waals surface area contributed by atoms with E-state index in [0.29, 0.717) is 6.42 Å². The molecule has 0 saturated heterocycles. The van der Waals surface area contributed by atoms with Crippen LogP contribution in [0.5, 0.6) is 0 Å². The van der Waals surface area contributed by atoms with Gasteiger partial charge < -0.3 is 24.8 Å². The predicted octanol–water partition coefficient (Wildman–Crippen LogP) is 4.95. The van der Waals surface area contributed by atoms with Crippen LogP contribution < -0.4 is 0 Å². The van der Waals surface area contributed by atoms with E-state index in [-0.39, 0.29) is 6.61 Å². The Hall–Kier alpha value is -1.67. The van der Waals surface area contributed by atoms with Crippen molar-refractivity contribution in [2.45, 2.75) is 116 Å². The predicted molar refractivity (Wildman–Crippen MR) is 124 cm³/mol. The maximum Gasteiger partial charge on any atom is 0.336 e. The third-order valence-corrected chi connectivity index (χ3v) is 4.95. The van der Waals surface area contributed by atoms with Crippen molar-refractivity contribution >= 4 is 17.9 Å². The quantitative estimate of drug-likeness (QED) is 0.171. The molecule has 0 spiro atoms. The van der Waals surface area contributed by atoms with Crippen LogP contribution in [-0.2, 0) is 23.9 Å². The van der Waals surface area contributed by atoms with E-state index in [2.05, 4.69) is 6.92 Å². The summed E-state index contributed by atoms with van der Waals surface area (Å²) in [6.45, 7) is 8.04. The van der Waals surface area contributed by atoms with Gasteiger partial charge in [-0.25, -0.2) is 4.79 Å². The minimum absolute atomic E-state index is 0.152. The number of esters is 1. The zero-order chi connectivity index (χ0) is 24.7. The summed E-state index contributed by atoms with van der Waals surface area (Å²) in [6.07, 6.45) is 12.3. The fourth-order valence-corrected chi connectivity index (χ4v) is 3.09. The molecule has 0 aliphatic carbocycles. The lowest BCUT2D eigenvalue weighted by molar-refractivity contribution is -0.172. The number of carboxylic acid groups (broad SMARTS) is 2. The minimum Gasteiger partial charge on any atom is -0.481 e. The summed E-state index contributed by atoms with van der Waals surface area (Å²) in [5.41, 5.74) is -2.63. The Morgan fingerprint density at radius 3 is 1.47 bits per heavy atom. The third-order valence-electron chi connectivity index (χ3n) is 4.95. The van der Waals surface area contributed by atoms with Crippen molar-refractivity contribution in [3.8, 4) is 0 Å². The molecule has 0 aliphatic rings. The molecule has 8 nitrogen and oxygen atoms in total. The van der Waals surface area contributed by atoms with Crippen molar-refractivity contribution in [1.29, 1.82) is 0 Å². The molecule has 32 heavy (non-hydrogen) atoms. The topological polar surface area (TPSA) is 130 Å². The Bertz CT molecular complexity index is 479. The largest absolute Gasteiger partial charge is 0.481 e. The maximum atomic E-state index is 11.6. The molecule has 0 aromatic rings. The SMILES string of the molecule is CCCCCCCCCCCCCCOC(=O)CC(O)(CC(=O)O)C(=O)O.CCOCC. The number of carbonyl (C=O) groups is 3. The molecule has 0 bridgehead atoms. The Labute approximate surface area is 193 Å². The lowest BCUT2D eigenvalue weighted by atomic mass is 9.96. The van der Waals surface area contributed by atoms with Gasteiger partial charge in [-0.1, -0.05) is 77.6 Å². The first-order chi connectivity index (χ1) is 15.2. The van der Waals surface area contributed by atoms with Gasteiger partial charge in [0.15, 0.2) is 5.60 Å². The van der Waals surface area contributed by atoms with Gasteiger partial charge in [-0.05, 0) is 20.3 Å². The van der Waals surface area contributed by atoms with Crippen molar-refractivity contribution in [3.05, 3.63) is 0 Å². The zero-order valence-electron chi connectivity index (χ0n) is 20.4. The number of aliphatic hydroxyl groups is 1. The van der Waals surface area contributed by atoms with Crippen LogP contribution in [-0.4, -0.2) is 58.6 Å². The number of aliphatic carboxylic acids is 2. The van der Waals surface area contributed by atoms with Crippen molar-refractivity contribution in [2.24, 2.45) is 0 Å². The van der Waals surface area contributed by atoms with Crippen molar-refractivity contribution in [3.63, 3.8) is 0 Å². The molecule has 0 aliphatic heterocycles. The van der Waals surface area contributed by atoms with E-state index in [1.54, 1.807) is 0 Å². The Morgan fingerprint density at radius 1 is 0.688 bits per heavy atom. The van der Waals surface area contributed by atoms with Crippen molar-refractivity contribution in [2.75, 3.05) is 19.8 Å². The first-order valence-corrected chi connectivity index (χ1v) is 12.1.